The quantitative estimate of drug-likeness (QED) is 0.762. The fraction of sp³-hybridized carbons (Fsp3) is 0.800. The van der Waals surface area contributed by atoms with E-state index in [-0.39, 0.29) is 6.03 Å². The van der Waals surface area contributed by atoms with Gasteiger partial charge in [-0.25, -0.2) is 9.59 Å². The molecule has 0 radical (unpaired) electrons. The lowest BCUT2D eigenvalue weighted by Gasteiger charge is -2.28. The first-order valence-corrected chi connectivity index (χ1v) is 5.40. The van der Waals surface area contributed by atoms with Gasteiger partial charge in [0, 0.05) is 19.6 Å². The van der Waals surface area contributed by atoms with Crippen LogP contribution in [0.1, 0.15) is 26.7 Å². The molecule has 0 aromatic heterocycles. The molecule has 86 valence electrons. The third-order valence-electron chi connectivity index (χ3n) is 2.82. The van der Waals surface area contributed by atoms with Crippen LogP contribution in [0.5, 0.6) is 0 Å². The van der Waals surface area contributed by atoms with E-state index in [4.69, 9.17) is 5.11 Å². The van der Waals surface area contributed by atoms with Crippen molar-refractivity contribution in [3.8, 4) is 0 Å². The molecule has 2 amide bonds. The zero-order valence-electron chi connectivity index (χ0n) is 9.27. The van der Waals surface area contributed by atoms with Gasteiger partial charge in [0.25, 0.3) is 0 Å². The fourth-order valence-electron chi connectivity index (χ4n) is 1.93. The Bertz CT molecular complexity index is 251. The lowest BCUT2D eigenvalue weighted by Crippen LogP contribution is -2.47. The van der Waals surface area contributed by atoms with Gasteiger partial charge in [0.15, 0.2) is 0 Å². The summed E-state index contributed by atoms with van der Waals surface area (Å²) in [5.41, 5.74) is 0. The zero-order chi connectivity index (χ0) is 11.4. The van der Waals surface area contributed by atoms with E-state index < -0.39 is 12.0 Å². The summed E-state index contributed by atoms with van der Waals surface area (Å²) in [6, 6.07) is -0.775. The Kier molecular flexibility index (Phi) is 3.94. The molecule has 1 saturated heterocycles. The number of carbonyl (C=O) groups is 2. The highest BCUT2D eigenvalue weighted by atomic mass is 16.4. The predicted molar refractivity (Wildman–Crippen MR) is 55.7 cm³/mol. The van der Waals surface area contributed by atoms with Crippen molar-refractivity contribution >= 4 is 12.0 Å². The van der Waals surface area contributed by atoms with Gasteiger partial charge in [-0.3, -0.25) is 0 Å². The molecule has 1 aliphatic rings. The van der Waals surface area contributed by atoms with Gasteiger partial charge in [0.05, 0.1) is 0 Å². The van der Waals surface area contributed by atoms with Crippen LogP contribution in [0.3, 0.4) is 0 Å². The molecule has 1 fully saturated rings. The molecule has 15 heavy (non-hydrogen) atoms. The van der Waals surface area contributed by atoms with Crippen molar-refractivity contribution in [2.24, 2.45) is 0 Å². The molecule has 0 saturated carbocycles. The summed E-state index contributed by atoms with van der Waals surface area (Å²) < 4.78 is 0. The van der Waals surface area contributed by atoms with Crippen LogP contribution < -0.4 is 0 Å². The number of likely N-dealkylation sites (tertiary alicyclic amines) is 1. The molecule has 0 spiro atoms. The maximum atomic E-state index is 11.9. The Morgan fingerprint density at radius 3 is 2.47 bits per heavy atom. The van der Waals surface area contributed by atoms with Crippen LogP contribution in [0, 0.1) is 0 Å². The first kappa shape index (κ1) is 11.8. The maximum Gasteiger partial charge on any atom is 0.326 e. The number of carbonyl (C=O) groups excluding carboxylic acids is 1. The van der Waals surface area contributed by atoms with E-state index in [1.54, 1.807) is 4.90 Å². The van der Waals surface area contributed by atoms with Crippen molar-refractivity contribution in [2.45, 2.75) is 32.7 Å². The molecule has 0 aliphatic carbocycles. The number of hydrogen-bond donors (Lipinski definition) is 1. The second-order valence-corrected chi connectivity index (χ2v) is 3.64. The average molecular weight is 214 g/mol. The molecule has 0 aromatic rings. The van der Waals surface area contributed by atoms with Crippen molar-refractivity contribution in [1.29, 1.82) is 0 Å². The third kappa shape index (κ3) is 2.40. The highest BCUT2D eigenvalue weighted by molar-refractivity contribution is 5.83. The number of rotatable bonds is 3. The summed E-state index contributed by atoms with van der Waals surface area (Å²) in [6.45, 7) is 5.60. The van der Waals surface area contributed by atoms with Crippen molar-refractivity contribution < 1.29 is 14.7 Å². The zero-order valence-corrected chi connectivity index (χ0v) is 9.27. The Morgan fingerprint density at radius 1 is 1.40 bits per heavy atom. The Morgan fingerprint density at radius 2 is 2.00 bits per heavy atom. The van der Waals surface area contributed by atoms with Crippen molar-refractivity contribution in [3.05, 3.63) is 0 Å². The standard InChI is InChI=1S/C10H18N2O3/c1-3-11(4-2)10(15)12-7-5-6-8(12)9(13)14/h8H,3-7H2,1-2H3,(H,13,14)/t8-/m1/s1. The average Bonchev–Trinajstić information content (AvgIpc) is 2.67. The van der Waals surface area contributed by atoms with E-state index in [9.17, 15) is 9.59 Å². The highest BCUT2D eigenvalue weighted by Gasteiger charge is 2.35. The minimum atomic E-state index is -0.895. The van der Waals surface area contributed by atoms with Gasteiger partial charge in [0.2, 0.25) is 0 Å². The molecular weight excluding hydrogens is 196 g/mol. The minimum Gasteiger partial charge on any atom is -0.480 e. The molecule has 1 atom stereocenters. The van der Waals surface area contributed by atoms with Crippen LogP contribution in [0.2, 0.25) is 0 Å². The minimum absolute atomic E-state index is 0.148. The van der Waals surface area contributed by atoms with Gasteiger partial charge in [-0.15, -0.1) is 0 Å². The second-order valence-electron chi connectivity index (χ2n) is 3.64. The number of nitrogens with zero attached hydrogens (tertiary/aromatic N) is 2. The molecule has 0 aromatic carbocycles. The van der Waals surface area contributed by atoms with Crippen molar-refractivity contribution in [2.75, 3.05) is 19.6 Å². The van der Waals surface area contributed by atoms with Crippen molar-refractivity contribution in [1.82, 2.24) is 9.80 Å². The number of urea groups is 1. The Balaban J connectivity index is 2.69. The summed E-state index contributed by atoms with van der Waals surface area (Å²) >= 11 is 0. The Hall–Kier alpha value is -1.26. The summed E-state index contributed by atoms with van der Waals surface area (Å²) in [5.74, 6) is -0.895. The third-order valence-corrected chi connectivity index (χ3v) is 2.82. The molecule has 1 N–H and O–H groups in total. The van der Waals surface area contributed by atoms with Crippen LogP contribution in [-0.4, -0.2) is 52.6 Å². The van der Waals surface area contributed by atoms with Crippen LogP contribution in [0.25, 0.3) is 0 Å². The first-order valence-electron chi connectivity index (χ1n) is 5.40. The smallest absolute Gasteiger partial charge is 0.326 e. The van der Waals surface area contributed by atoms with Gasteiger partial charge in [-0.1, -0.05) is 0 Å². The first-order chi connectivity index (χ1) is 7.11. The van der Waals surface area contributed by atoms with E-state index in [0.717, 1.165) is 6.42 Å². The van der Waals surface area contributed by atoms with Gasteiger partial charge in [-0.05, 0) is 26.7 Å². The molecular formula is C10H18N2O3. The Labute approximate surface area is 89.7 Å². The lowest BCUT2D eigenvalue weighted by atomic mass is 10.2. The molecule has 0 bridgehead atoms. The maximum absolute atomic E-state index is 11.9. The lowest BCUT2D eigenvalue weighted by molar-refractivity contribution is -0.141. The van der Waals surface area contributed by atoms with E-state index in [2.05, 4.69) is 0 Å². The second kappa shape index (κ2) is 5.00. The van der Waals surface area contributed by atoms with Crippen LogP contribution >= 0.6 is 0 Å². The summed E-state index contributed by atoms with van der Waals surface area (Å²) in [4.78, 5) is 25.9. The summed E-state index contributed by atoms with van der Waals surface area (Å²) in [5, 5.41) is 8.95. The molecule has 5 heteroatoms. The topological polar surface area (TPSA) is 60.9 Å². The summed E-state index contributed by atoms with van der Waals surface area (Å²) in [6.07, 6.45) is 1.35. The highest BCUT2D eigenvalue weighted by Crippen LogP contribution is 2.19. The number of carboxylic acids is 1. The number of amides is 2. The molecule has 1 aliphatic heterocycles. The van der Waals surface area contributed by atoms with E-state index in [0.29, 0.717) is 26.1 Å². The van der Waals surface area contributed by atoms with Crippen LogP contribution in [0.15, 0.2) is 0 Å². The monoisotopic (exact) mass is 214 g/mol. The number of carboxylic acid groups (broad SMARTS) is 1. The van der Waals surface area contributed by atoms with Gasteiger partial charge < -0.3 is 14.9 Å². The number of hydrogen-bond acceptors (Lipinski definition) is 2. The number of aliphatic carboxylic acids is 1. The van der Waals surface area contributed by atoms with E-state index in [1.807, 2.05) is 13.8 Å². The van der Waals surface area contributed by atoms with Crippen LogP contribution in [0.4, 0.5) is 4.79 Å². The van der Waals surface area contributed by atoms with E-state index >= 15 is 0 Å². The largest absolute Gasteiger partial charge is 0.480 e. The molecule has 5 nitrogen and oxygen atoms in total. The van der Waals surface area contributed by atoms with Gasteiger partial charge in [-0.2, -0.15) is 0 Å². The van der Waals surface area contributed by atoms with Crippen LogP contribution in [-0.2, 0) is 4.79 Å². The molecule has 0 unspecified atom stereocenters. The SMILES string of the molecule is CCN(CC)C(=O)N1CCC[C@@H]1C(=O)O. The predicted octanol–water partition coefficient (Wildman–Crippen LogP) is 0.997. The molecule has 1 heterocycles. The van der Waals surface area contributed by atoms with Crippen molar-refractivity contribution in [3.63, 3.8) is 0 Å². The fourth-order valence-corrected chi connectivity index (χ4v) is 1.93. The van der Waals surface area contributed by atoms with E-state index in [1.165, 1.54) is 4.90 Å². The van der Waals surface area contributed by atoms with Gasteiger partial charge >= 0.3 is 12.0 Å². The molecule has 1 rings (SSSR count). The van der Waals surface area contributed by atoms with Gasteiger partial charge in [0.1, 0.15) is 6.04 Å². The normalized spacial score (nSPS) is 20.4. The summed E-state index contributed by atoms with van der Waals surface area (Å²) in [7, 11) is 0.